The number of anilines is 1. The van der Waals surface area contributed by atoms with Gasteiger partial charge in [-0.25, -0.2) is 0 Å². The summed E-state index contributed by atoms with van der Waals surface area (Å²) in [7, 11) is 1.55. The van der Waals surface area contributed by atoms with E-state index in [1.165, 1.54) is 12.1 Å². The van der Waals surface area contributed by atoms with Crippen molar-refractivity contribution >= 4 is 56.4 Å². The maximum Gasteiger partial charge on any atom is 0.270 e. The van der Waals surface area contributed by atoms with Gasteiger partial charge in [-0.3, -0.25) is 14.9 Å². The van der Waals surface area contributed by atoms with E-state index < -0.39 is 11.1 Å². The van der Waals surface area contributed by atoms with E-state index in [1.807, 2.05) is 72.8 Å². The minimum Gasteiger partial charge on any atom is -0.493 e. The predicted molar refractivity (Wildman–Crippen MR) is 186 cm³/mol. The van der Waals surface area contributed by atoms with Gasteiger partial charge >= 0.3 is 0 Å². The molecule has 47 heavy (non-hydrogen) atoms. The number of amides is 1. The fourth-order valence-electron chi connectivity index (χ4n) is 5.69. The van der Waals surface area contributed by atoms with Crippen LogP contribution >= 0.6 is 39.1 Å². The van der Waals surface area contributed by atoms with E-state index in [-0.39, 0.29) is 30.3 Å². The number of nitro groups is 1. The monoisotopic (exact) mass is 731 g/mol. The lowest BCUT2D eigenvalue weighted by molar-refractivity contribution is -0.384. The van der Waals surface area contributed by atoms with Crippen molar-refractivity contribution in [2.24, 2.45) is 0 Å². The molecule has 1 heterocycles. The Kier molecular flexibility index (Phi) is 9.68. The van der Waals surface area contributed by atoms with E-state index in [2.05, 4.69) is 20.8 Å². The Bertz CT molecular complexity index is 1950. The standard InChI is InChI=1S/C36H28BrCl2N3O5/c1-46-33-17-26(16-30(37)34(33)47-22-25-12-13-27(38)18-31(25)39)35-40(20-23-8-4-2-5-9-23)32-15-14-28(42(44)45)19-29(32)36(43)41(35)21-24-10-6-3-7-11-24/h2-19,35H,20-22H2,1H3/t35-/m0/s1. The summed E-state index contributed by atoms with van der Waals surface area (Å²) in [5.74, 6) is 0.583. The highest BCUT2D eigenvalue weighted by Crippen LogP contribution is 2.46. The number of hydrogen-bond acceptors (Lipinski definition) is 6. The number of rotatable bonds is 10. The van der Waals surface area contributed by atoms with Crippen molar-refractivity contribution in [2.45, 2.75) is 25.9 Å². The van der Waals surface area contributed by atoms with Gasteiger partial charge in [0, 0.05) is 40.8 Å². The molecule has 1 aliphatic heterocycles. The number of carbonyl (C=O) groups excluding carboxylic acids is 1. The van der Waals surface area contributed by atoms with E-state index in [0.29, 0.717) is 38.2 Å². The lowest BCUT2D eigenvalue weighted by Crippen LogP contribution is -2.48. The van der Waals surface area contributed by atoms with Crippen LogP contribution in [-0.4, -0.2) is 22.8 Å². The van der Waals surface area contributed by atoms with Gasteiger partial charge in [-0.05, 0) is 63.0 Å². The van der Waals surface area contributed by atoms with Crippen LogP contribution in [0.1, 0.15) is 38.8 Å². The third-order valence-corrected chi connectivity index (χ3v) is 9.09. The van der Waals surface area contributed by atoms with Crippen molar-refractivity contribution in [2.75, 3.05) is 12.0 Å². The van der Waals surface area contributed by atoms with Crippen molar-refractivity contribution in [3.8, 4) is 11.5 Å². The Morgan fingerprint density at radius 1 is 0.851 bits per heavy atom. The molecule has 0 saturated heterocycles. The second-order valence-electron chi connectivity index (χ2n) is 10.9. The molecule has 8 nitrogen and oxygen atoms in total. The summed E-state index contributed by atoms with van der Waals surface area (Å²) < 4.78 is 12.7. The molecule has 5 aromatic carbocycles. The van der Waals surface area contributed by atoms with Gasteiger partial charge in [0.25, 0.3) is 11.6 Å². The number of methoxy groups -OCH3 is 1. The molecule has 0 bridgehead atoms. The number of carbonyl (C=O) groups is 1. The summed E-state index contributed by atoms with van der Waals surface area (Å²) >= 11 is 16.2. The zero-order valence-corrected chi connectivity index (χ0v) is 28.2. The maximum atomic E-state index is 14.4. The molecule has 0 radical (unpaired) electrons. The molecule has 6 rings (SSSR count). The van der Waals surface area contributed by atoms with Crippen LogP contribution in [0.3, 0.4) is 0 Å². The summed E-state index contributed by atoms with van der Waals surface area (Å²) in [5, 5.41) is 12.8. The topological polar surface area (TPSA) is 85.1 Å². The lowest BCUT2D eigenvalue weighted by atomic mass is 9.98. The highest BCUT2D eigenvalue weighted by atomic mass is 79.9. The number of nitrogens with zero attached hydrogens (tertiary/aromatic N) is 3. The van der Waals surface area contributed by atoms with E-state index in [1.54, 1.807) is 36.3 Å². The number of benzene rings is 5. The average Bonchev–Trinajstić information content (AvgIpc) is 3.07. The molecule has 0 aliphatic carbocycles. The molecule has 0 unspecified atom stereocenters. The predicted octanol–water partition coefficient (Wildman–Crippen LogP) is 9.61. The summed E-state index contributed by atoms with van der Waals surface area (Å²) in [5.41, 5.74) is 4.10. The quantitative estimate of drug-likeness (QED) is 0.105. The minimum atomic E-state index is -0.623. The van der Waals surface area contributed by atoms with Gasteiger partial charge in [-0.15, -0.1) is 0 Å². The molecule has 0 fully saturated rings. The summed E-state index contributed by atoms with van der Waals surface area (Å²) in [6.45, 7) is 0.839. The van der Waals surface area contributed by atoms with Gasteiger partial charge < -0.3 is 19.3 Å². The summed E-state index contributed by atoms with van der Waals surface area (Å²) in [4.78, 5) is 29.5. The first-order valence-corrected chi connectivity index (χ1v) is 16.2. The van der Waals surface area contributed by atoms with Crippen LogP contribution in [0.4, 0.5) is 11.4 Å². The number of nitro benzene ring substituents is 1. The van der Waals surface area contributed by atoms with Gasteiger partial charge in [0.1, 0.15) is 12.8 Å². The largest absolute Gasteiger partial charge is 0.493 e. The van der Waals surface area contributed by atoms with Gasteiger partial charge in [-0.2, -0.15) is 0 Å². The molecular weight excluding hydrogens is 705 g/mol. The fraction of sp³-hybridized carbons (Fsp3) is 0.139. The Hall–Kier alpha value is -4.57. The molecule has 5 aromatic rings. The van der Waals surface area contributed by atoms with Crippen LogP contribution in [-0.2, 0) is 19.7 Å². The van der Waals surface area contributed by atoms with Crippen LogP contribution < -0.4 is 14.4 Å². The molecule has 1 atom stereocenters. The third-order valence-electron chi connectivity index (χ3n) is 7.91. The molecule has 0 N–H and O–H groups in total. The van der Waals surface area contributed by atoms with Crippen molar-refractivity contribution in [3.05, 3.63) is 162 Å². The normalized spacial score (nSPS) is 14.1. The number of fused-ring (bicyclic) bond motifs is 1. The van der Waals surface area contributed by atoms with Gasteiger partial charge in [0.15, 0.2) is 11.5 Å². The molecule has 1 amide bonds. The van der Waals surface area contributed by atoms with E-state index in [0.717, 1.165) is 22.3 Å². The van der Waals surface area contributed by atoms with E-state index >= 15 is 0 Å². The molecule has 0 aromatic heterocycles. The first-order valence-electron chi connectivity index (χ1n) is 14.6. The van der Waals surface area contributed by atoms with Crippen LogP contribution in [0, 0.1) is 10.1 Å². The number of hydrogen-bond donors (Lipinski definition) is 0. The summed E-state index contributed by atoms with van der Waals surface area (Å²) in [6.07, 6.45) is -0.623. The van der Waals surface area contributed by atoms with Crippen LogP contribution in [0.25, 0.3) is 0 Å². The Morgan fingerprint density at radius 3 is 2.13 bits per heavy atom. The Labute approximate surface area is 290 Å². The smallest absolute Gasteiger partial charge is 0.270 e. The fourth-order valence-corrected chi connectivity index (χ4v) is 6.73. The summed E-state index contributed by atoms with van der Waals surface area (Å²) in [6, 6.07) is 32.9. The van der Waals surface area contributed by atoms with Crippen molar-refractivity contribution in [3.63, 3.8) is 0 Å². The number of halogens is 3. The van der Waals surface area contributed by atoms with Crippen LogP contribution in [0.15, 0.2) is 114 Å². The van der Waals surface area contributed by atoms with Crippen LogP contribution in [0.5, 0.6) is 11.5 Å². The first kappa shape index (κ1) is 32.4. The second-order valence-corrected chi connectivity index (χ2v) is 12.6. The molecule has 0 spiro atoms. The molecule has 11 heteroatoms. The maximum absolute atomic E-state index is 14.4. The van der Waals surface area contributed by atoms with Crippen molar-refractivity contribution in [1.82, 2.24) is 4.90 Å². The molecular formula is C36H28BrCl2N3O5. The Morgan fingerprint density at radius 2 is 1.51 bits per heavy atom. The van der Waals surface area contributed by atoms with Crippen molar-refractivity contribution < 1.29 is 19.2 Å². The molecule has 0 saturated carbocycles. The van der Waals surface area contributed by atoms with Crippen LogP contribution in [0.2, 0.25) is 10.0 Å². The Balaban J connectivity index is 1.48. The minimum absolute atomic E-state index is 0.151. The highest BCUT2D eigenvalue weighted by Gasteiger charge is 2.40. The third kappa shape index (κ3) is 6.93. The number of non-ortho nitro benzene ring substituents is 1. The van der Waals surface area contributed by atoms with Gasteiger partial charge in [0.2, 0.25) is 0 Å². The van der Waals surface area contributed by atoms with E-state index in [9.17, 15) is 14.9 Å². The zero-order valence-electron chi connectivity index (χ0n) is 25.1. The van der Waals surface area contributed by atoms with E-state index in [4.69, 9.17) is 32.7 Å². The first-order chi connectivity index (χ1) is 22.7. The highest BCUT2D eigenvalue weighted by molar-refractivity contribution is 9.10. The van der Waals surface area contributed by atoms with Crippen molar-refractivity contribution in [1.29, 1.82) is 0 Å². The lowest BCUT2D eigenvalue weighted by Gasteiger charge is -2.46. The second kappa shape index (κ2) is 14.0. The molecule has 238 valence electrons. The van der Waals surface area contributed by atoms with Gasteiger partial charge in [-0.1, -0.05) is 89.9 Å². The average molecular weight is 733 g/mol. The number of ether oxygens (including phenoxy) is 2. The zero-order chi connectivity index (χ0) is 33.1. The SMILES string of the molecule is COc1cc([C@@H]2N(Cc3ccccc3)C(=O)c3cc([N+](=O)[O-])ccc3N2Cc2ccccc2)cc(Br)c1OCc1ccc(Cl)cc1Cl. The van der Waals surface area contributed by atoms with Gasteiger partial charge in [0.05, 0.1) is 27.8 Å². The molecule has 1 aliphatic rings.